The zero-order chi connectivity index (χ0) is 28.4. The lowest BCUT2D eigenvalue weighted by atomic mass is 9.96. The highest BCUT2D eigenvalue weighted by molar-refractivity contribution is 7.80. The molecule has 1 aliphatic heterocycles. The van der Waals surface area contributed by atoms with Crippen LogP contribution in [0.1, 0.15) is 34.7 Å². The number of ether oxygens (including phenoxy) is 2. The average molecular weight is 576 g/mol. The van der Waals surface area contributed by atoms with Crippen molar-refractivity contribution in [3.05, 3.63) is 101 Å². The summed E-state index contributed by atoms with van der Waals surface area (Å²) < 4.78 is 12.6. The van der Waals surface area contributed by atoms with Gasteiger partial charge < -0.3 is 29.6 Å². The van der Waals surface area contributed by atoms with E-state index in [0.29, 0.717) is 15.8 Å². The number of carbonyl (C=O) groups is 1. The molecule has 10 heteroatoms. The first-order valence-corrected chi connectivity index (χ1v) is 13.5. The number of aryl methyl sites for hydroxylation is 1. The molecule has 4 aromatic rings. The van der Waals surface area contributed by atoms with E-state index in [4.69, 9.17) is 33.3 Å². The highest BCUT2D eigenvalue weighted by Gasteiger charge is 2.42. The number of benzene rings is 2. The second-order valence-electron chi connectivity index (χ2n) is 9.51. The number of nitrogens with zero attached hydrogens (tertiary/aromatic N) is 3. The standard InChI is InChI=1S/C30H30ClN5O3S/c1-18-14-23(19(2)35(18)20-8-7-9-22(15-20)39-4)29-28(26-10-5-6-13-32-26)34-30(40)36(29)21-11-12-25(24(31)16-21)33-27(37)17-38-3/h5-16,28-29H,17H2,1-4H3,(H,33,37)(H,34,40)/t28-,29+/m0/s1. The molecule has 206 valence electrons. The van der Waals surface area contributed by atoms with Crippen LogP contribution in [0.2, 0.25) is 5.02 Å². The Morgan fingerprint density at radius 1 is 1.07 bits per heavy atom. The van der Waals surface area contributed by atoms with E-state index >= 15 is 0 Å². The molecular weight excluding hydrogens is 546 g/mol. The molecule has 1 amide bonds. The molecule has 0 radical (unpaired) electrons. The lowest BCUT2D eigenvalue weighted by molar-refractivity contribution is -0.119. The zero-order valence-corrected chi connectivity index (χ0v) is 24.2. The van der Waals surface area contributed by atoms with Crippen molar-refractivity contribution in [2.24, 2.45) is 0 Å². The Labute approximate surface area is 243 Å². The van der Waals surface area contributed by atoms with Gasteiger partial charge in [-0.25, -0.2) is 0 Å². The predicted molar refractivity (Wildman–Crippen MR) is 162 cm³/mol. The first-order chi connectivity index (χ1) is 19.3. The molecule has 2 atom stereocenters. The lowest BCUT2D eigenvalue weighted by Crippen LogP contribution is -2.29. The normalized spacial score (nSPS) is 16.6. The summed E-state index contributed by atoms with van der Waals surface area (Å²) in [5, 5.41) is 7.23. The van der Waals surface area contributed by atoms with E-state index in [9.17, 15) is 4.79 Å². The number of hydrogen-bond donors (Lipinski definition) is 2. The smallest absolute Gasteiger partial charge is 0.250 e. The minimum atomic E-state index is -0.284. The van der Waals surface area contributed by atoms with Crippen molar-refractivity contribution in [1.29, 1.82) is 0 Å². The highest BCUT2D eigenvalue weighted by atomic mass is 35.5. The molecular formula is C30H30ClN5O3S. The van der Waals surface area contributed by atoms with Gasteiger partial charge in [0.2, 0.25) is 5.91 Å². The fourth-order valence-corrected chi connectivity index (χ4v) is 5.82. The minimum absolute atomic E-state index is 0.0606. The Bertz CT molecular complexity index is 1560. The van der Waals surface area contributed by atoms with E-state index < -0.39 is 0 Å². The quantitative estimate of drug-likeness (QED) is 0.253. The molecule has 3 heterocycles. The molecule has 2 N–H and O–H groups in total. The third-order valence-electron chi connectivity index (χ3n) is 6.98. The van der Waals surface area contributed by atoms with Crippen LogP contribution in [-0.2, 0) is 9.53 Å². The fourth-order valence-electron chi connectivity index (χ4n) is 5.26. The summed E-state index contributed by atoms with van der Waals surface area (Å²) >= 11 is 12.5. The minimum Gasteiger partial charge on any atom is -0.497 e. The van der Waals surface area contributed by atoms with E-state index in [2.05, 4.69) is 51.1 Å². The van der Waals surface area contributed by atoms with Gasteiger partial charge in [-0.05, 0) is 80.2 Å². The molecule has 0 spiro atoms. The maximum Gasteiger partial charge on any atom is 0.250 e. The van der Waals surface area contributed by atoms with E-state index in [0.717, 1.165) is 39.8 Å². The molecule has 40 heavy (non-hydrogen) atoms. The van der Waals surface area contributed by atoms with Crippen LogP contribution in [0.3, 0.4) is 0 Å². The van der Waals surface area contributed by atoms with Crippen molar-refractivity contribution < 1.29 is 14.3 Å². The summed E-state index contributed by atoms with van der Waals surface area (Å²) in [6, 6.07) is 21.1. The maximum absolute atomic E-state index is 12.1. The van der Waals surface area contributed by atoms with Crippen molar-refractivity contribution in [3.63, 3.8) is 0 Å². The summed E-state index contributed by atoms with van der Waals surface area (Å²) in [6.45, 7) is 4.14. The van der Waals surface area contributed by atoms with Gasteiger partial charge in [0.15, 0.2) is 5.11 Å². The number of amides is 1. The van der Waals surface area contributed by atoms with Crippen molar-refractivity contribution in [3.8, 4) is 11.4 Å². The second-order valence-corrected chi connectivity index (χ2v) is 10.3. The van der Waals surface area contributed by atoms with Crippen molar-refractivity contribution in [2.75, 3.05) is 31.0 Å². The number of carbonyl (C=O) groups excluding carboxylic acids is 1. The molecule has 5 rings (SSSR count). The third-order valence-corrected chi connectivity index (χ3v) is 7.61. The van der Waals surface area contributed by atoms with Gasteiger partial charge in [-0.2, -0.15) is 0 Å². The summed E-state index contributed by atoms with van der Waals surface area (Å²) in [5.74, 6) is 0.504. The van der Waals surface area contributed by atoms with E-state index in [1.807, 2.05) is 48.5 Å². The summed E-state index contributed by atoms with van der Waals surface area (Å²) in [5.41, 5.74) is 6.42. The molecule has 0 bridgehead atoms. The van der Waals surface area contributed by atoms with Crippen molar-refractivity contribution >= 4 is 46.2 Å². The van der Waals surface area contributed by atoms with Crippen molar-refractivity contribution in [1.82, 2.24) is 14.9 Å². The molecule has 0 unspecified atom stereocenters. The first-order valence-electron chi connectivity index (χ1n) is 12.7. The molecule has 2 aromatic carbocycles. The van der Waals surface area contributed by atoms with Crippen LogP contribution in [0.25, 0.3) is 5.69 Å². The van der Waals surface area contributed by atoms with Gasteiger partial charge in [0.25, 0.3) is 0 Å². The van der Waals surface area contributed by atoms with Crippen molar-refractivity contribution in [2.45, 2.75) is 25.9 Å². The number of nitrogens with one attached hydrogen (secondary N) is 2. The number of rotatable bonds is 8. The number of halogens is 1. The van der Waals surface area contributed by atoms with Crippen LogP contribution in [0.4, 0.5) is 11.4 Å². The molecule has 0 saturated carbocycles. The van der Waals surface area contributed by atoms with Gasteiger partial charge >= 0.3 is 0 Å². The summed E-state index contributed by atoms with van der Waals surface area (Å²) in [4.78, 5) is 18.8. The van der Waals surface area contributed by atoms with E-state index in [-0.39, 0.29) is 24.6 Å². The Balaban J connectivity index is 1.61. The maximum atomic E-state index is 12.1. The van der Waals surface area contributed by atoms with Crippen LogP contribution in [-0.4, -0.2) is 41.4 Å². The van der Waals surface area contributed by atoms with Crippen LogP contribution in [0.5, 0.6) is 5.75 Å². The Morgan fingerprint density at radius 2 is 1.90 bits per heavy atom. The molecule has 1 aliphatic rings. The van der Waals surface area contributed by atoms with Gasteiger partial charge in [0.05, 0.1) is 35.6 Å². The zero-order valence-electron chi connectivity index (χ0n) is 22.6. The third kappa shape index (κ3) is 5.28. The molecule has 8 nitrogen and oxygen atoms in total. The Hall–Kier alpha value is -3.92. The molecule has 1 fully saturated rings. The monoisotopic (exact) mass is 575 g/mol. The first kappa shape index (κ1) is 27.6. The van der Waals surface area contributed by atoms with Gasteiger partial charge in [-0.15, -0.1) is 0 Å². The van der Waals surface area contributed by atoms with Crippen LogP contribution in [0.15, 0.2) is 72.9 Å². The van der Waals surface area contributed by atoms with Crippen LogP contribution >= 0.6 is 23.8 Å². The van der Waals surface area contributed by atoms with E-state index in [1.165, 1.54) is 7.11 Å². The SMILES string of the molecule is COCC(=O)Nc1ccc(N2C(=S)N[C@@H](c3ccccn3)[C@H]2c2cc(C)n(-c3cccc(OC)c3)c2C)cc1Cl. The number of methoxy groups -OCH3 is 2. The molecule has 2 aromatic heterocycles. The average Bonchev–Trinajstić information content (AvgIpc) is 3.45. The lowest BCUT2D eigenvalue weighted by Gasteiger charge is -2.28. The van der Waals surface area contributed by atoms with Crippen LogP contribution in [0, 0.1) is 13.8 Å². The largest absolute Gasteiger partial charge is 0.497 e. The summed E-state index contributed by atoms with van der Waals surface area (Å²) in [7, 11) is 3.13. The fraction of sp³-hybridized carbons (Fsp3) is 0.233. The van der Waals surface area contributed by atoms with Gasteiger partial charge in [0, 0.05) is 42.1 Å². The number of pyridine rings is 1. The summed E-state index contributed by atoms with van der Waals surface area (Å²) in [6.07, 6.45) is 1.79. The Kier molecular flexibility index (Phi) is 8.07. The van der Waals surface area contributed by atoms with Crippen LogP contribution < -0.4 is 20.3 Å². The predicted octanol–water partition coefficient (Wildman–Crippen LogP) is 5.91. The second kappa shape index (κ2) is 11.7. The number of anilines is 2. The topological polar surface area (TPSA) is 80.7 Å². The van der Waals surface area contributed by atoms with Gasteiger partial charge in [-0.1, -0.05) is 23.7 Å². The highest BCUT2D eigenvalue weighted by Crippen LogP contribution is 2.44. The number of aromatic nitrogens is 2. The molecule has 0 aliphatic carbocycles. The number of hydrogen-bond acceptors (Lipinski definition) is 5. The van der Waals surface area contributed by atoms with Gasteiger partial charge in [-0.3, -0.25) is 9.78 Å². The van der Waals surface area contributed by atoms with E-state index in [1.54, 1.807) is 19.4 Å². The van der Waals surface area contributed by atoms with Gasteiger partial charge in [0.1, 0.15) is 12.4 Å². The Morgan fingerprint density at radius 3 is 2.60 bits per heavy atom. The number of thiocarbonyl (C=S) groups is 1. The molecule has 1 saturated heterocycles.